The average Bonchev–Trinajstić information content (AvgIpc) is 2.88. The van der Waals surface area contributed by atoms with E-state index in [4.69, 9.17) is 5.73 Å². The molecule has 1 saturated heterocycles. The van der Waals surface area contributed by atoms with Crippen molar-refractivity contribution in [2.45, 2.75) is 64.6 Å². The summed E-state index contributed by atoms with van der Waals surface area (Å²) in [5.74, 6) is 0.591. The molecular weight excluding hydrogens is 436 g/mol. The Kier molecular flexibility index (Phi) is 10.3. The SMILES string of the molecule is CC(C)[C@@H](C)N.O=CN1CCN(CCc2ccccc2)C[C@H]1C(=O)NC1CCCc2ccccc21. The Morgan fingerprint density at radius 1 is 1.09 bits per heavy atom. The van der Waals surface area contributed by atoms with Gasteiger partial charge in [-0.25, -0.2) is 0 Å². The molecule has 2 aliphatic rings. The van der Waals surface area contributed by atoms with Gasteiger partial charge < -0.3 is 16.0 Å². The van der Waals surface area contributed by atoms with Crippen LogP contribution in [0, 0.1) is 5.92 Å². The summed E-state index contributed by atoms with van der Waals surface area (Å²) >= 11 is 0. The fourth-order valence-corrected chi connectivity index (χ4v) is 4.52. The molecule has 3 atom stereocenters. The fraction of sp³-hybridized carbons (Fsp3) is 0.517. The Balaban J connectivity index is 0.000000509. The van der Waals surface area contributed by atoms with Crippen LogP contribution in [0.4, 0.5) is 0 Å². The average molecular weight is 479 g/mol. The van der Waals surface area contributed by atoms with Gasteiger partial charge in [0.25, 0.3) is 0 Å². The summed E-state index contributed by atoms with van der Waals surface area (Å²) in [4.78, 5) is 28.7. The fourth-order valence-electron chi connectivity index (χ4n) is 4.52. The predicted octanol–water partition coefficient (Wildman–Crippen LogP) is 3.56. The van der Waals surface area contributed by atoms with Gasteiger partial charge in [-0.15, -0.1) is 0 Å². The standard InChI is InChI=1S/C24H29N3O2.C5H13N/c28-18-27-16-15-26(14-13-19-7-2-1-3-8-19)17-23(27)24(29)25-22-12-6-10-20-9-4-5-11-21(20)22;1-4(2)5(3)6/h1-5,7-9,11,18,22-23H,6,10,12-17H2,(H,25,29);4-5H,6H2,1-3H3/t22?,23-;5-/m01/s1. The third kappa shape index (κ3) is 7.91. The zero-order chi connectivity index (χ0) is 25.2. The van der Waals surface area contributed by atoms with E-state index in [0.29, 0.717) is 25.0 Å². The maximum absolute atomic E-state index is 13.1. The molecule has 2 aromatic carbocycles. The first-order valence-electron chi connectivity index (χ1n) is 13.0. The molecule has 6 nitrogen and oxygen atoms in total. The number of rotatable bonds is 7. The first-order chi connectivity index (χ1) is 16.9. The number of fused-ring (bicyclic) bond motifs is 1. The Morgan fingerprint density at radius 2 is 1.77 bits per heavy atom. The molecule has 1 heterocycles. The lowest BCUT2D eigenvalue weighted by Crippen LogP contribution is -2.59. The maximum atomic E-state index is 13.1. The Morgan fingerprint density at radius 3 is 2.46 bits per heavy atom. The minimum Gasteiger partial charge on any atom is -0.347 e. The molecule has 35 heavy (non-hydrogen) atoms. The summed E-state index contributed by atoms with van der Waals surface area (Å²) in [5, 5.41) is 3.24. The van der Waals surface area contributed by atoms with Crippen LogP contribution in [0.2, 0.25) is 0 Å². The summed E-state index contributed by atoms with van der Waals surface area (Å²) in [7, 11) is 0. The molecule has 2 amide bonds. The predicted molar refractivity (Wildman–Crippen MR) is 142 cm³/mol. The van der Waals surface area contributed by atoms with Crippen LogP contribution in [-0.2, 0) is 22.4 Å². The van der Waals surface area contributed by atoms with Crippen molar-refractivity contribution in [3.8, 4) is 0 Å². The minimum absolute atomic E-state index is 0.0387. The number of hydrogen-bond acceptors (Lipinski definition) is 4. The van der Waals surface area contributed by atoms with Crippen LogP contribution in [-0.4, -0.2) is 60.4 Å². The molecule has 190 valence electrons. The Bertz CT molecular complexity index is 925. The smallest absolute Gasteiger partial charge is 0.244 e. The first-order valence-corrected chi connectivity index (χ1v) is 13.0. The summed E-state index contributed by atoms with van der Waals surface area (Å²) in [6, 6.07) is 18.7. The molecule has 4 rings (SSSR count). The molecule has 1 fully saturated rings. The highest BCUT2D eigenvalue weighted by Gasteiger charge is 2.33. The Hall–Kier alpha value is -2.70. The lowest BCUT2D eigenvalue weighted by atomic mass is 9.87. The number of piperazine rings is 1. The maximum Gasteiger partial charge on any atom is 0.244 e. The van der Waals surface area contributed by atoms with Crippen LogP contribution in [0.1, 0.15) is 56.3 Å². The lowest BCUT2D eigenvalue weighted by Gasteiger charge is -2.39. The van der Waals surface area contributed by atoms with Crippen LogP contribution in [0.5, 0.6) is 0 Å². The van der Waals surface area contributed by atoms with Crippen molar-refractivity contribution >= 4 is 12.3 Å². The molecule has 0 aromatic heterocycles. The van der Waals surface area contributed by atoms with Gasteiger partial charge in [-0.1, -0.05) is 68.4 Å². The van der Waals surface area contributed by atoms with Gasteiger partial charge in [-0.05, 0) is 55.2 Å². The number of nitrogens with zero attached hydrogens (tertiary/aromatic N) is 2. The summed E-state index contributed by atoms with van der Waals surface area (Å²) in [6.07, 6.45) is 4.88. The number of amides is 2. The van der Waals surface area contributed by atoms with Gasteiger partial charge in [-0.3, -0.25) is 14.5 Å². The lowest BCUT2D eigenvalue weighted by molar-refractivity contribution is -0.136. The molecule has 0 spiro atoms. The van der Waals surface area contributed by atoms with E-state index in [0.717, 1.165) is 45.2 Å². The van der Waals surface area contributed by atoms with Gasteiger partial charge >= 0.3 is 0 Å². The van der Waals surface area contributed by atoms with Crippen molar-refractivity contribution < 1.29 is 9.59 Å². The van der Waals surface area contributed by atoms with E-state index in [-0.39, 0.29) is 11.9 Å². The van der Waals surface area contributed by atoms with Crippen LogP contribution in [0.3, 0.4) is 0 Å². The molecule has 6 heteroatoms. The number of carbonyl (C=O) groups is 2. The van der Waals surface area contributed by atoms with Crippen LogP contribution in [0.15, 0.2) is 54.6 Å². The van der Waals surface area contributed by atoms with Gasteiger partial charge in [0.2, 0.25) is 12.3 Å². The number of benzene rings is 2. The van der Waals surface area contributed by atoms with Crippen LogP contribution >= 0.6 is 0 Å². The van der Waals surface area contributed by atoms with Crippen molar-refractivity contribution in [3.05, 3.63) is 71.3 Å². The van der Waals surface area contributed by atoms with Crippen LogP contribution in [0.25, 0.3) is 0 Å². The quantitative estimate of drug-likeness (QED) is 0.597. The molecule has 3 N–H and O–H groups in total. The number of nitrogens with two attached hydrogens (primary N) is 1. The van der Waals surface area contributed by atoms with E-state index in [1.54, 1.807) is 4.90 Å². The van der Waals surface area contributed by atoms with E-state index >= 15 is 0 Å². The number of nitrogens with one attached hydrogen (secondary N) is 1. The second kappa shape index (κ2) is 13.4. The van der Waals surface area contributed by atoms with Crippen molar-refractivity contribution in [3.63, 3.8) is 0 Å². The molecule has 0 saturated carbocycles. The Labute approximate surface area is 210 Å². The molecule has 0 bridgehead atoms. The highest BCUT2D eigenvalue weighted by Crippen LogP contribution is 2.29. The second-order valence-electron chi connectivity index (χ2n) is 10.2. The van der Waals surface area contributed by atoms with Gasteiger partial charge in [0.1, 0.15) is 6.04 Å². The van der Waals surface area contributed by atoms with Gasteiger partial charge in [-0.2, -0.15) is 0 Å². The second-order valence-corrected chi connectivity index (χ2v) is 10.2. The molecule has 2 aromatic rings. The highest BCUT2D eigenvalue weighted by atomic mass is 16.2. The van der Waals surface area contributed by atoms with Crippen molar-refractivity contribution in [2.24, 2.45) is 11.7 Å². The van der Waals surface area contributed by atoms with E-state index in [9.17, 15) is 9.59 Å². The monoisotopic (exact) mass is 478 g/mol. The summed E-state index contributed by atoms with van der Waals surface area (Å²) in [6.45, 7) is 9.14. The minimum atomic E-state index is -0.425. The number of carbonyl (C=O) groups excluding carboxylic acids is 2. The summed E-state index contributed by atoms with van der Waals surface area (Å²) < 4.78 is 0. The molecule has 1 aliphatic carbocycles. The zero-order valence-corrected chi connectivity index (χ0v) is 21.5. The summed E-state index contributed by atoms with van der Waals surface area (Å²) in [5.41, 5.74) is 9.28. The third-order valence-corrected chi connectivity index (χ3v) is 7.24. The number of aryl methyl sites for hydroxylation is 1. The molecular formula is C29H42N4O2. The normalized spacial score (nSPS) is 20.9. The van der Waals surface area contributed by atoms with E-state index in [1.807, 2.05) is 19.1 Å². The van der Waals surface area contributed by atoms with E-state index < -0.39 is 6.04 Å². The molecule has 1 unspecified atom stereocenters. The molecule has 1 aliphatic heterocycles. The topological polar surface area (TPSA) is 78.7 Å². The van der Waals surface area contributed by atoms with Gasteiger partial charge in [0, 0.05) is 32.2 Å². The number of hydrogen-bond donors (Lipinski definition) is 2. The zero-order valence-electron chi connectivity index (χ0n) is 21.5. The van der Waals surface area contributed by atoms with Crippen molar-refractivity contribution in [1.82, 2.24) is 15.1 Å². The van der Waals surface area contributed by atoms with Crippen molar-refractivity contribution in [1.29, 1.82) is 0 Å². The largest absolute Gasteiger partial charge is 0.347 e. The van der Waals surface area contributed by atoms with Crippen molar-refractivity contribution in [2.75, 3.05) is 26.2 Å². The van der Waals surface area contributed by atoms with Crippen LogP contribution < -0.4 is 11.1 Å². The van der Waals surface area contributed by atoms with Gasteiger partial charge in [0.05, 0.1) is 6.04 Å². The highest BCUT2D eigenvalue weighted by molar-refractivity contribution is 5.84. The molecule has 0 radical (unpaired) electrons. The van der Waals surface area contributed by atoms with E-state index in [2.05, 4.69) is 66.5 Å². The first kappa shape index (κ1) is 26.9. The van der Waals surface area contributed by atoms with E-state index in [1.165, 1.54) is 16.7 Å². The third-order valence-electron chi connectivity index (χ3n) is 7.24. The van der Waals surface area contributed by atoms with Gasteiger partial charge in [0.15, 0.2) is 0 Å².